The minimum atomic E-state index is -0.659. The van der Waals surface area contributed by atoms with Crippen LogP contribution >= 0.6 is 0 Å². The molecule has 0 N–H and O–H groups in total. The average molecular weight is 817 g/mol. The van der Waals surface area contributed by atoms with Crippen molar-refractivity contribution in [2.45, 2.75) is 61.3 Å². The summed E-state index contributed by atoms with van der Waals surface area (Å²) in [6.07, 6.45) is 3.96. The smallest absolute Gasteiger partial charge is 0.343 e. The fraction of sp³-hybridized carbons (Fsp3) is 0.286. The summed E-state index contributed by atoms with van der Waals surface area (Å²) in [4.78, 5) is 61.8. The Morgan fingerprint density at radius 2 is 1.30 bits per heavy atom. The summed E-state index contributed by atoms with van der Waals surface area (Å²) in [6.45, 7) is 19.8. The van der Waals surface area contributed by atoms with Gasteiger partial charge in [0.1, 0.15) is 36.2 Å². The Balaban J connectivity index is 1.29. The van der Waals surface area contributed by atoms with Crippen LogP contribution in [0.1, 0.15) is 75.0 Å². The predicted molar refractivity (Wildman–Crippen MR) is 229 cm³/mol. The van der Waals surface area contributed by atoms with Crippen molar-refractivity contribution < 1.29 is 52.4 Å². The molecule has 0 aliphatic rings. The van der Waals surface area contributed by atoms with E-state index in [1.165, 1.54) is 12.1 Å². The molecule has 1 unspecified atom stereocenters. The molecule has 11 heteroatoms. The van der Waals surface area contributed by atoms with Gasteiger partial charge in [-0.2, -0.15) is 0 Å². The highest BCUT2D eigenvalue weighted by Crippen LogP contribution is 2.28. The Bertz CT molecular complexity index is 2250. The van der Waals surface area contributed by atoms with Crippen LogP contribution in [0.5, 0.6) is 23.0 Å². The normalized spacial score (nSPS) is 11.9. The molecular weight excluding hydrogens is 765 g/mol. The second-order valence-electron chi connectivity index (χ2n) is 15.1. The molecule has 60 heavy (non-hydrogen) atoms. The molecule has 4 rings (SSSR count). The first-order valence-electron chi connectivity index (χ1n) is 19.5. The summed E-state index contributed by atoms with van der Waals surface area (Å²) in [5.41, 5.74) is 4.18. The van der Waals surface area contributed by atoms with Crippen molar-refractivity contribution in [2.24, 2.45) is 11.3 Å². The molecule has 0 amide bonds. The van der Waals surface area contributed by atoms with Gasteiger partial charge in [0, 0.05) is 22.6 Å². The van der Waals surface area contributed by atoms with Crippen LogP contribution in [-0.2, 0) is 35.1 Å². The van der Waals surface area contributed by atoms with Gasteiger partial charge in [0.25, 0.3) is 0 Å². The summed E-state index contributed by atoms with van der Waals surface area (Å²) >= 11 is 0. The van der Waals surface area contributed by atoms with E-state index in [9.17, 15) is 24.0 Å². The molecule has 0 saturated heterocycles. The van der Waals surface area contributed by atoms with Gasteiger partial charge < -0.3 is 28.4 Å². The lowest BCUT2D eigenvalue weighted by molar-refractivity contribution is -0.155. The zero-order valence-electron chi connectivity index (χ0n) is 35.3. The molecule has 0 saturated carbocycles. The SMILES string of the molecule is C=C(C)C(=O)OCC(C)(CCOc1ccc(-c2ccc(/C=C/C(=O)Oc3ccc(OC(=O)c4ccc(OC(=O)C(=C)C)cc4CC)cc3C)cc2)cc1)COC(=O)C(C)C. The zero-order valence-corrected chi connectivity index (χ0v) is 35.3. The van der Waals surface area contributed by atoms with Crippen molar-refractivity contribution in [3.8, 4) is 34.1 Å². The van der Waals surface area contributed by atoms with Crippen molar-refractivity contribution >= 4 is 35.9 Å². The molecule has 11 nitrogen and oxygen atoms in total. The first-order chi connectivity index (χ1) is 28.5. The lowest BCUT2D eigenvalue weighted by Gasteiger charge is -2.29. The maximum atomic E-state index is 13.0. The van der Waals surface area contributed by atoms with Crippen LogP contribution in [0.25, 0.3) is 17.2 Å². The number of hydrogen-bond donors (Lipinski definition) is 0. The minimum absolute atomic E-state index is 0.0467. The van der Waals surface area contributed by atoms with Crippen LogP contribution in [0.3, 0.4) is 0 Å². The number of hydrogen-bond acceptors (Lipinski definition) is 11. The van der Waals surface area contributed by atoms with E-state index in [-0.39, 0.29) is 42.0 Å². The Kier molecular flexibility index (Phi) is 16.3. The number of benzene rings is 4. The highest BCUT2D eigenvalue weighted by molar-refractivity contribution is 5.94. The summed E-state index contributed by atoms with van der Waals surface area (Å²) in [5.74, 6) is -1.27. The van der Waals surface area contributed by atoms with E-state index in [1.807, 2.05) is 62.4 Å². The Hall–Kier alpha value is -6.75. The maximum Gasteiger partial charge on any atom is 0.343 e. The number of ether oxygens (including phenoxy) is 6. The highest BCUT2D eigenvalue weighted by atomic mass is 16.6. The van der Waals surface area contributed by atoms with E-state index < -0.39 is 29.3 Å². The molecule has 0 radical (unpaired) electrons. The van der Waals surface area contributed by atoms with Crippen LogP contribution in [0, 0.1) is 18.3 Å². The highest BCUT2D eigenvalue weighted by Gasteiger charge is 2.29. The Morgan fingerprint density at radius 3 is 1.90 bits per heavy atom. The van der Waals surface area contributed by atoms with Gasteiger partial charge in [-0.3, -0.25) is 4.79 Å². The topological polar surface area (TPSA) is 141 Å². The number of carbonyl (C=O) groups is 5. The number of rotatable bonds is 19. The summed E-state index contributed by atoms with van der Waals surface area (Å²) in [6, 6.07) is 24.7. The molecular formula is C49H52O11. The van der Waals surface area contributed by atoms with Gasteiger partial charge in [0.2, 0.25) is 0 Å². The standard InChI is InChI=1S/C49H52O11/c1-10-36-28-41(58-47(53)33(6)7)20-22-42(36)48(54)59-40-21-23-43(34(8)27-40)60-44(50)24-13-35-11-14-37(15-12-35)38-16-18-39(19-17-38)55-26-25-49(9,29-56-45(51)31(2)3)30-57-46(52)32(4)5/h11-24,27-28,32H,2,6,10,25-26,29-30H2,1,3-5,7-9H3/b24-13+. The second-order valence-corrected chi connectivity index (χ2v) is 15.1. The number of aryl methyl sites for hydroxylation is 2. The van der Waals surface area contributed by atoms with Gasteiger partial charge in [-0.05, 0) is 116 Å². The van der Waals surface area contributed by atoms with Crippen LogP contribution in [0.2, 0.25) is 0 Å². The third-order valence-corrected chi connectivity index (χ3v) is 9.22. The maximum absolute atomic E-state index is 13.0. The second kappa shape index (κ2) is 21.3. The van der Waals surface area contributed by atoms with E-state index in [1.54, 1.807) is 71.0 Å². The fourth-order valence-electron chi connectivity index (χ4n) is 5.49. The Morgan fingerprint density at radius 1 is 0.717 bits per heavy atom. The largest absolute Gasteiger partial charge is 0.494 e. The molecule has 0 heterocycles. The van der Waals surface area contributed by atoms with Gasteiger partial charge in [-0.15, -0.1) is 0 Å². The van der Waals surface area contributed by atoms with E-state index in [0.29, 0.717) is 53.4 Å². The van der Waals surface area contributed by atoms with Crippen molar-refractivity contribution in [3.05, 3.63) is 138 Å². The summed E-state index contributed by atoms with van der Waals surface area (Å²) < 4.78 is 33.3. The van der Waals surface area contributed by atoms with E-state index >= 15 is 0 Å². The first kappa shape index (κ1) is 45.9. The molecule has 0 aliphatic carbocycles. The molecule has 0 bridgehead atoms. The molecule has 0 aromatic heterocycles. The summed E-state index contributed by atoms with van der Waals surface area (Å²) in [7, 11) is 0. The third kappa shape index (κ3) is 13.7. The predicted octanol–water partition coefficient (Wildman–Crippen LogP) is 9.64. The quantitative estimate of drug-likeness (QED) is 0.0508. The zero-order chi connectivity index (χ0) is 44.0. The lowest BCUT2D eigenvalue weighted by atomic mass is 9.89. The van der Waals surface area contributed by atoms with E-state index in [2.05, 4.69) is 13.2 Å². The average Bonchev–Trinajstić information content (AvgIpc) is 3.22. The molecule has 0 spiro atoms. The minimum Gasteiger partial charge on any atom is -0.494 e. The monoisotopic (exact) mass is 816 g/mol. The third-order valence-electron chi connectivity index (χ3n) is 9.22. The van der Waals surface area contributed by atoms with Crippen molar-refractivity contribution in [2.75, 3.05) is 19.8 Å². The van der Waals surface area contributed by atoms with Crippen LogP contribution in [0.4, 0.5) is 0 Å². The molecule has 0 aliphatic heterocycles. The Labute approximate surface area is 351 Å². The lowest BCUT2D eigenvalue weighted by Crippen LogP contribution is -2.34. The van der Waals surface area contributed by atoms with Crippen molar-refractivity contribution in [3.63, 3.8) is 0 Å². The van der Waals surface area contributed by atoms with E-state index in [0.717, 1.165) is 16.7 Å². The van der Waals surface area contributed by atoms with Gasteiger partial charge in [0.15, 0.2) is 0 Å². The number of carbonyl (C=O) groups excluding carboxylic acids is 5. The van der Waals surface area contributed by atoms with Gasteiger partial charge in [0.05, 0.1) is 18.1 Å². The van der Waals surface area contributed by atoms with Gasteiger partial charge >= 0.3 is 29.8 Å². The number of esters is 5. The molecule has 0 fully saturated rings. The molecule has 4 aromatic carbocycles. The van der Waals surface area contributed by atoms with Gasteiger partial charge in [-0.1, -0.05) is 77.3 Å². The molecule has 1 atom stereocenters. The molecule has 4 aromatic rings. The van der Waals surface area contributed by atoms with Crippen molar-refractivity contribution in [1.29, 1.82) is 0 Å². The van der Waals surface area contributed by atoms with E-state index in [4.69, 9.17) is 28.4 Å². The fourth-order valence-corrected chi connectivity index (χ4v) is 5.49. The molecule has 314 valence electrons. The van der Waals surface area contributed by atoms with Crippen molar-refractivity contribution in [1.82, 2.24) is 0 Å². The van der Waals surface area contributed by atoms with Crippen LogP contribution < -0.4 is 18.9 Å². The first-order valence-corrected chi connectivity index (χ1v) is 19.5. The van der Waals surface area contributed by atoms with Gasteiger partial charge in [-0.25, -0.2) is 19.2 Å². The summed E-state index contributed by atoms with van der Waals surface area (Å²) in [5, 5.41) is 0. The van der Waals surface area contributed by atoms with Crippen LogP contribution in [0.15, 0.2) is 115 Å². The van der Waals surface area contributed by atoms with Crippen LogP contribution in [-0.4, -0.2) is 49.7 Å².